The van der Waals surface area contributed by atoms with Crippen LogP contribution in [-0.4, -0.2) is 47.8 Å². The van der Waals surface area contributed by atoms with Crippen molar-refractivity contribution in [3.63, 3.8) is 0 Å². The van der Waals surface area contributed by atoms with Crippen LogP contribution in [0.2, 0.25) is 0 Å². The lowest BCUT2D eigenvalue weighted by atomic mass is 9.80. The van der Waals surface area contributed by atoms with Crippen LogP contribution in [0.1, 0.15) is 55.3 Å². The predicted molar refractivity (Wildman–Crippen MR) is 94.2 cm³/mol. The lowest BCUT2D eigenvalue weighted by Gasteiger charge is -2.33. The summed E-state index contributed by atoms with van der Waals surface area (Å²) in [7, 11) is 0. The lowest BCUT2D eigenvalue weighted by molar-refractivity contribution is -0.154. The van der Waals surface area contributed by atoms with Crippen LogP contribution in [-0.2, 0) is 9.53 Å². The topological polar surface area (TPSA) is 97.8 Å². The third-order valence-corrected chi connectivity index (χ3v) is 5.33. The minimum Gasteiger partial charge on any atom is -0.481 e. The molecule has 0 radical (unpaired) electrons. The van der Waals surface area contributed by atoms with Crippen molar-refractivity contribution in [1.82, 2.24) is 10.3 Å². The Hall–Kier alpha value is -2.15. The number of aromatic nitrogens is 1. The van der Waals surface area contributed by atoms with E-state index < -0.39 is 11.4 Å². The van der Waals surface area contributed by atoms with Crippen molar-refractivity contribution in [3.8, 4) is 5.88 Å². The summed E-state index contributed by atoms with van der Waals surface area (Å²) in [5, 5.41) is 12.3. The molecule has 142 valence electrons. The summed E-state index contributed by atoms with van der Waals surface area (Å²) in [6, 6.07) is 3.24. The maximum absolute atomic E-state index is 12.5. The van der Waals surface area contributed by atoms with E-state index in [-0.39, 0.29) is 18.6 Å². The Morgan fingerprint density at radius 1 is 1.27 bits per heavy atom. The highest BCUT2D eigenvalue weighted by Crippen LogP contribution is 2.30. The Kier molecular flexibility index (Phi) is 6.08. The summed E-state index contributed by atoms with van der Waals surface area (Å²) < 4.78 is 11.2. The highest BCUT2D eigenvalue weighted by molar-refractivity contribution is 5.94. The number of ether oxygens (including phenoxy) is 2. The molecule has 7 nitrogen and oxygen atoms in total. The summed E-state index contributed by atoms with van der Waals surface area (Å²) in [6.45, 7) is 0.888. The van der Waals surface area contributed by atoms with Gasteiger partial charge in [-0.2, -0.15) is 0 Å². The molecule has 1 aliphatic carbocycles. The summed E-state index contributed by atoms with van der Waals surface area (Å²) >= 11 is 0. The fraction of sp³-hybridized carbons (Fsp3) is 0.632. The van der Waals surface area contributed by atoms with Crippen molar-refractivity contribution in [2.45, 2.75) is 51.0 Å². The Morgan fingerprint density at radius 2 is 2.00 bits per heavy atom. The Morgan fingerprint density at radius 3 is 2.69 bits per heavy atom. The molecule has 1 aromatic rings. The molecule has 1 aromatic heterocycles. The molecule has 0 unspecified atom stereocenters. The van der Waals surface area contributed by atoms with Crippen molar-refractivity contribution < 1.29 is 24.2 Å². The van der Waals surface area contributed by atoms with E-state index in [1.54, 1.807) is 18.3 Å². The number of nitrogens with zero attached hydrogens (tertiary/aromatic N) is 1. The maximum atomic E-state index is 12.5. The van der Waals surface area contributed by atoms with Gasteiger partial charge in [-0.25, -0.2) is 4.98 Å². The van der Waals surface area contributed by atoms with Gasteiger partial charge in [0.25, 0.3) is 5.91 Å². The van der Waals surface area contributed by atoms with Crippen LogP contribution in [0.15, 0.2) is 18.3 Å². The Bertz CT molecular complexity index is 637. The first kappa shape index (κ1) is 18.6. The van der Waals surface area contributed by atoms with Crippen LogP contribution in [0.25, 0.3) is 0 Å². The predicted octanol–water partition coefficient (Wildman–Crippen LogP) is 2.40. The largest absolute Gasteiger partial charge is 0.481 e. The first-order valence-electron chi connectivity index (χ1n) is 9.31. The number of aliphatic carboxylic acids is 1. The molecule has 1 saturated carbocycles. The summed E-state index contributed by atoms with van der Waals surface area (Å²) in [6.07, 6.45) is 8.09. The average Bonchev–Trinajstić information content (AvgIpc) is 2.68. The molecule has 1 amide bonds. The van der Waals surface area contributed by atoms with Crippen molar-refractivity contribution in [1.29, 1.82) is 0 Å². The van der Waals surface area contributed by atoms with Gasteiger partial charge in [0, 0.05) is 37.6 Å². The number of nitrogens with one attached hydrogen (secondary N) is 1. The van der Waals surface area contributed by atoms with Gasteiger partial charge in [0.1, 0.15) is 6.10 Å². The number of carboxylic acid groups (broad SMARTS) is 1. The fourth-order valence-corrected chi connectivity index (χ4v) is 3.55. The number of carbonyl (C=O) groups is 2. The molecular formula is C19H26N2O5. The van der Waals surface area contributed by atoms with E-state index in [2.05, 4.69) is 10.3 Å². The van der Waals surface area contributed by atoms with E-state index in [9.17, 15) is 14.7 Å². The van der Waals surface area contributed by atoms with E-state index in [1.807, 2.05) is 0 Å². The maximum Gasteiger partial charge on any atom is 0.311 e. The summed E-state index contributed by atoms with van der Waals surface area (Å²) in [4.78, 5) is 28.3. The van der Waals surface area contributed by atoms with E-state index in [0.29, 0.717) is 37.5 Å². The van der Waals surface area contributed by atoms with Crippen LogP contribution >= 0.6 is 0 Å². The average molecular weight is 362 g/mol. The second-order valence-corrected chi connectivity index (χ2v) is 7.14. The van der Waals surface area contributed by atoms with Crippen molar-refractivity contribution in [3.05, 3.63) is 23.9 Å². The zero-order chi connectivity index (χ0) is 18.4. The quantitative estimate of drug-likeness (QED) is 0.806. The molecular weight excluding hydrogens is 336 g/mol. The number of hydrogen-bond acceptors (Lipinski definition) is 5. The van der Waals surface area contributed by atoms with Crippen molar-refractivity contribution >= 4 is 11.9 Å². The summed E-state index contributed by atoms with van der Waals surface area (Å²) in [5.41, 5.74) is -0.527. The molecule has 7 heteroatoms. The third-order valence-electron chi connectivity index (χ3n) is 5.33. The van der Waals surface area contributed by atoms with Gasteiger partial charge >= 0.3 is 5.97 Å². The molecule has 0 bridgehead atoms. The summed E-state index contributed by atoms with van der Waals surface area (Å²) in [5.74, 6) is -0.756. The smallest absolute Gasteiger partial charge is 0.311 e. The van der Waals surface area contributed by atoms with Gasteiger partial charge in [0.15, 0.2) is 0 Å². The zero-order valence-corrected chi connectivity index (χ0v) is 14.9. The number of amides is 1. The van der Waals surface area contributed by atoms with Crippen LogP contribution in [0.4, 0.5) is 0 Å². The van der Waals surface area contributed by atoms with Crippen LogP contribution < -0.4 is 10.1 Å². The number of rotatable bonds is 6. The van der Waals surface area contributed by atoms with Gasteiger partial charge < -0.3 is 19.9 Å². The SMILES string of the molecule is O=C(NCC1(C(=O)O)CCOCC1)c1ccnc(OC2CCCCC2)c1. The first-order valence-corrected chi connectivity index (χ1v) is 9.31. The minimum absolute atomic E-state index is 0.0890. The van der Waals surface area contributed by atoms with E-state index in [0.717, 1.165) is 25.7 Å². The first-order chi connectivity index (χ1) is 12.6. The van der Waals surface area contributed by atoms with Gasteiger partial charge in [-0.15, -0.1) is 0 Å². The van der Waals surface area contributed by atoms with Gasteiger partial charge in [-0.3, -0.25) is 9.59 Å². The van der Waals surface area contributed by atoms with E-state index >= 15 is 0 Å². The molecule has 2 fully saturated rings. The highest BCUT2D eigenvalue weighted by Gasteiger charge is 2.40. The Balaban J connectivity index is 1.60. The number of carbonyl (C=O) groups excluding carboxylic acids is 1. The molecule has 2 N–H and O–H groups in total. The number of hydrogen-bond donors (Lipinski definition) is 2. The molecule has 26 heavy (non-hydrogen) atoms. The van der Waals surface area contributed by atoms with E-state index in [4.69, 9.17) is 9.47 Å². The molecule has 0 atom stereocenters. The molecule has 1 saturated heterocycles. The second kappa shape index (κ2) is 8.49. The zero-order valence-electron chi connectivity index (χ0n) is 14.9. The molecule has 2 aliphatic rings. The van der Waals surface area contributed by atoms with E-state index in [1.165, 1.54) is 6.42 Å². The van der Waals surface area contributed by atoms with Gasteiger partial charge in [-0.1, -0.05) is 6.42 Å². The molecule has 3 rings (SSSR count). The van der Waals surface area contributed by atoms with Crippen LogP contribution in [0.5, 0.6) is 5.88 Å². The van der Waals surface area contributed by atoms with Gasteiger partial charge in [0.05, 0.1) is 5.41 Å². The lowest BCUT2D eigenvalue weighted by Crippen LogP contribution is -2.46. The molecule has 0 spiro atoms. The van der Waals surface area contributed by atoms with Crippen LogP contribution in [0, 0.1) is 5.41 Å². The van der Waals surface area contributed by atoms with Crippen molar-refractivity contribution in [2.75, 3.05) is 19.8 Å². The fourth-order valence-electron chi connectivity index (χ4n) is 3.55. The number of carboxylic acids is 1. The van der Waals surface area contributed by atoms with Gasteiger partial charge in [-0.05, 0) is 44.6 Å². The normalized spacial score (nSPS) is 20.3. The molecule has 0 aromatic carbocycles. The Labute approximate surface area is 153 Å². The second-order valence-electron chi connectivity index (χ2n) is 7.14. The van der Waals surface area contributed by atoms with Crippen molar-refractivity contribution in [2.24, 2.45) is 5.41 Å². The molecule has 1 aliphatic heterocycles. The minimum atomic E-state index is -0.956. The monoisotopic (exact) mass is 362 g/mol. The van der Waals surface area contributed by atoms with Gasteiger partial charge in [0.2, 0.25) is 5.88 Å². The third kappa shape index (κ3) is 4.52. The standard InChI is InChI=1S/C19H26N2O5/c22-17(21-13-19(18(23)24)7-10-25-11-8-19)14-6-9-20-16(12-14)26-15-4-2-1-3-5-15/h6,9,12,15H,1-5,7-8,10-11,13H2,(H,21,22)(H,23,24). The van der Waals surface area contributed by atoms with Crippen LogP contribution in [0.3, 0.4) is 0 Å². The molecule has 2 heterocycles. The highest BCUT2D eigenvalue weighted by atomic mass is 16.5. The number of pyridine rings is 1.